The van der Waals surface area contributed by atoms with Gasteiger partial charge in [0.15, 0.2) is 0 Å². The van der Waals surface area contributed by atoms with Crippen LogP contribution in [0.2, 0.25) is 0 Å². The Morgan fingerprint density at radius 2 is 2.44 bits per heavy atom. The molecule has 0 amide bonds. The summed E-state index contributed by atoms with van der Waals surface area (Å²) >= 11 is 0. The summed E-state index contributed by atoms with van der Waals surface area (Å²) < 4.78 is 0. The van der Waals surface area contributed by atoms with Crippen LogP contribution in [-0.4, -0.2) is 13.1 Å². The highest BCUT2D eigenvalue weighted by atomic mass is 15.1. The largest absolute Gasteiger partial charge is 0.147 e. The standard InChI is InChI=1S/C8H11N/c1-2-6-9-7-4-3-5-8-9/h2-5,7H,1,6,8H2/q+1. The van der Waals surface area contributed by atoms with Gasteiger partial charge in [0.1, 0.15) is 19.3 Å². The lowest BCUT2D eigenvalue weighted by molar-refractivity contribution is 0.620. The van der Waals surface area contributed by atoms with Crippen molar-refractivity contribution in [2.45, 2.75) is 0 Å². The van der Waals surface area contributed by atoms with Crippen LogP contribution in [0.15, 0.2) is 37.1 Å². The van der Waals surface area contributed by atoms with Gasteiger partial charge in [0, 0.05) is 0 Å². The van der Waals surface area contributed by atoms with Gasteiger partial charge in [-0.15, -0.1) is 4.90 Å². The van der Waals surface area contributed by atoms with Crippen molar-refractivity contribution in [3.63, 3.8) is 0 Å². The van der Waals surface area contributed by atoms with E-state index in [4.69, 9.17) is 0 Å². The van der Waals surface area contributed by atoms with Crippen LogP contribution in [0.1, 0.15) is 0 Å². The Bertz CT molecular complexity index is 143. The van der Waals surface area contributed by atoms with E-state index in [0.29, 0.717) is 0 Å². The van der Waals surface area contributed by atoms with Gasteiger partial charge in [-0.1, -0.05) is 12.7 Å². The van der Waals surface area contributed by atoms with Gasteiger partial charge in [0.2, 0.25) is 0 Å². The molecule has 9 heavy (non-hydrogen) atoms. The molecule has 0 unspecified atom stereocenters. The highest BCUT2D eigenvalue weighted by molar-refractivity contribution is 5.11. The molecular weight excluding hydrogens is 110 g/mol. The maximum atomic E-state index is 3.66. The first kappa shape index (κ1) is 6.30. The van der Waals surface area contributed by atoms with Crippen LogP contribution in [-0.2, 0) is 0 Å². The molecule has 1 rings (SSSR count). The predicted octanol–water partition coefficient (Wildman–Crippen LogP) is 1.40. The quantitative estimate of drug-likeness (QED) is 0.384. The number of rotatable bonds is 2. The fourth-order valence-electron chi connectivity index (χ4n) is 0.808. The van der Waals surface area contributed by atoms with Crippen LogP contribution in [0.3, 0.4) is 0 Å². The second-order valence-corrected chi connectivity index (χ2v) is 2.01. The lowest BCUT2D eigenvalue weighted by atomic mass is 10.3. The van der Waals surface area contributed by atoms with Crippen molar-refractivity contribution >= 4 is 0 Å². The zero-order chi connectivity index (χ0) is 6.53. The fraction of sp³-hybridized carbons (Fsp3) is 0.250. The van der Waals surface area contributed by atoms with Crippen LogP contribution < -0.4 is 4.90 Å². The molecule has 0 spiro atoms. The summed E-state index contributed by atoms with van der Waals surface area (Å²) in [7, 11) is 0. The van der Waals surface area contributed by atoms with Gasteiger partial charge in [0.05, 0.1) is 0 Å². The van der Waals surface area contributed by atoms with E-state index in [2.05, 4.69) is 29.8 Å². The van der Waals surface area contributed by atoms with Crippen LogP contribution in [0, 0.1) is 0 Å². The summed E-state index contributed by atoms with van der Waals surface area (Å²) in [4.78, 5) is 2.19. The first-order valence-corrected chi connectivity index (χ1v) is 3.12. The Labute approximate surface area is 56.0 Å². The molecule has 0 aromatic carbocycles. The highest BCUT2D eigenvalue weighted by Crippen LogP contribution is 1.93. The molecule has 0 N–H and O–H groups in total. The first-order valence-electron chi connectivity index (χ1n) is 3.12. The minimum Gasteiger partial charge on any atom is -0.133 e. The second-order valence-electron chi connectivity index (χ2n) is 2.01. The molecular formula is C8H11N+. The molecule has 1 heteroatoms. The van der Waals surface area contributed by atoms with Crippen molar-refractivity contribution in [3.05, 3.63) is 37.1 Å². The van der Waals surface area contributed by atoms with Crippen molar-refractivity contribution in [2.75, 3.05) is 13.1 Å². The smallest absolute Gasteiger partial charge is 0.133 e. The van der Waals surface area contributed by atoms with E-state index in [0.717, 1.165) is 13.1 Å². The molecule has 0 saturated heterocycles. The van der Waals surface area contributed by atoms with Crippen LogP contribution in [0.5, 0.6) is 0 Å². The normalized spacial score (nSPS) is 18.2. The summed E-state index contributed by atoms with van der Waals surface area (Å²) in [6.45, 7) is 5.62. The third-order valence-corrected chi connectivity index (χ3v) is 1.25. The van der Waals surface area contributed by atoms with Gasteiger partial charge in [-0.05, 0) is 18.2 Å². The van der Waals surface area contributed by atoms with E-state index in [9.17, 15) is 0 Å². The van der Waals surface area contributed by atoms with Crippen LogP contribution in [0.4, 0.5) is 0 Å². The van der Waals surface area contributed by atoms with Crippen LogP contribution >= 0.6 is 0 Å². The molecule has 0 atom stereocenters. The van der Waals surface area contributed by atoms with Gasteiger partial charge in [-0.2, -0.15) is 0 Å². The number of allylic oxidation sites excluding steroid dienone is 2. The van der Waals surface area contributed by atoms with E-state index in [1.54, 1.807) is 0 Å². The summed E-state index contributed by atoms with van der Waals surface area (Å²) in [6, 6.07) is 0. The monoisotopic (exact) mass is 121 g/mol. The van der Waals surface area contributed by atoms with Gasteiger partial charge < -0.3 is 0 Å². The molecule has 1 aliphatic rings. The average molecular weight is 121 g/mol. The first-order chi connectivity index (χ1) is 4.43. The lowest BCUT2D eigenvalue weighted by Gasteiger charge is -2.02. The summed E-state index contributed by atoms with van der Waals surface area (Å²) in [5.41, 5.74) is 0. The molecule has 0 aromatic heterocycles. The molecule has 0 saturated carbocycles. The molecule has 0 aliphatic carbocycles. The fourth-order valence-corrected chi connectivity index (χ4v) is 0.808. The zero-order valence-electron chi connectivity index (χ0n) is 5.46. The summed E-state index contributed by atoms with van der Waals surface area (Å²) in [6.07, 6.45) is 10.2. The predicted molar refractivity (Wildman–Crippen MR) is 40.3 cm³/mol. The Morgan fingerprint density at radius 1 is 1.56 bits per heavy atom. The third-order valence-electron chi connectivity index (χ3n) is 1.25. The number of nitrogens with zero attached hydrogens (tertiary/aromatic N) is 1. The minimum atomic E-state index is 0.945. The van der Waals surface area contributed by atoms with Crippen molar-refractivity contribution in [3.8, 4) is 0 Å². The van der Waals surface area contributed by atoms with Crippen molar-refractivity contribution in [1.29, 1.82) is 0 Å². The maximum absolute atomic E-state index is 3.66. The minimum absolute atomic E-state index is 0.945. The molecule has 47 valence electrons. The Kier molecular flexibility index (Phi) is 2.28. The van der Waals surface area contributed by atoms with Crippen molar-refractivity contribution in [1.82, 2.24) is 4.90 Å². The van der Waals surface area contributed by atoms with Crippen LogP contribution in [0.25, 0.3) is 0 Å². The van der Waals surface area contributed by atoms with Crippen molar-refractivity contribution in [2.24, 2.45) is 0 Å². The van der Waals surface area contributed by atoms with Crippen molar-refractivity contribution < 1.29 is 0 Å². The zero-order valence-corrected chi connectivity index (χ0v) is 5.46. The number of hydrogen-bond acceptors (Lipinski definition) is 1. The highest BCUT2D eigenvalue weighted by Gasteiger charge is 2.06. The van der Waals surface area contributed by atoms with Gasteiger partial charge in [-0.3, -0.25) is 0 Å². The average Bonchev–Trinajstić information content (AvgIpc) is 1.91. The SMILES string of the molecule is C=CC[N+]1C=CC=CC1. The van der Waals surface area contributed by atoms with E-state index in [-0.39, 0.29) is 0 Å². The molecule has 1 aliphatic heterocycles. The molecule has 0 aromatic rings. The van der Waals surface area contributed by atoms with E-state index in [1.165, 1.54) is 0 Å². The molecule has 1 nitrogen and oxygen atoms in total. The Morgan fingerprint density at radius 3 is 3.00 bits per heavy atom. The molecule has 1 radical (unpaired) electrons. The topological polar surface area (TPSA) is 5.90 Å². The Balaban J connectivity index is 2.36. The van der Waals surface area contributed by atoms with E-state index < -0.39 is 0 Å². The third kappa shape index (κ3) is 1.86. The second kappa shape index (κ2) is 3.25. The van der Waals surface area contributed by atoms with Gasteiger partial charge >= 0.3 is 0 Å². The molecule has 0 fully saturated rings. The van der Waals surface area contributed by atoms with Gasteiger partial charge in [-0.25, -0.2) is 0 Å². The maximum Gasteiger partial charge on any atom is 0.147 e. The molecule has 1 heterocycles. The number of hydrogen-bond donors (Lipinski definition) is 0. The lowest BCUT2D eigenvalue weighted by Crippen LogP contribution is -2.24. The summed E-state index contributed by atoms with van der Waals surface area (Å²) in [5.74, 6) is 0. The van der Waals surface area contributed by atoms with E-state index in [1.807, 2.05) is 12.2 Å². The Hall–Kier alpha value is -0.820. The molecule has 0 bridgehead atoms. The summed E-state index contributed by atoms with van der Waals surface area (Å²) in [5, 5.41) is 0. The van der Waals surface area contributed by atoms with Gasteiger partial charge in [0.25, 0.3) is 0 Å². The van der Waals surface area contributed by atoms with E-state index >= 15 is 0 Å².